The molecule has 1 aliphatic carbocycles. The molecule has 0 saturated heterocycles. The average Bonchev–Trinajstić information content (AvgIpc) is 1.58. The second-order valence-electron chi connectivity index (χ2n) is 1.93. The van der Waals surface area contributed by atoms with Gasteiger partial charge in [0.05, 0.1) is 6.10 Å². The zero-order valence-electron chi connectivity index (χ0n) is 4.36. The van der Waals surface area contributed by atoms with Gasteiger partial charge < -0.3 is 4.74 Å². The normalized spacial score (nSPS) is 40.3. The van der Waals surface area contributed by atoms with Crippen LogP contribution in [0.4, 0.5) is 4.39 Å². The van der Waals surface area contributed by atoms with Crippen LogP contribution in [-0.2, 0) is 4.74 Å². The van der Waals surface area contributed by atoms with Crippen molar-refractivity contribution in [2.24, 2.45) is 0 Å². The Morgan fingerprint density at radius 3 is 2.29 bits per heavy atom. The van der Waals surface area contributed by atoms with Crippen LogP contribution in [0.15, 0.2) is 0 Å². The minimum absolute atomic E-state index is 0.218. The van der Waals surface area contributed by atoms with Crippen molar-refractivity contribution in [1.82, 2.24) is 0 Å². The minimum Gasteiger partial charge on any atom is -0.381 e. The maximum absolute atomic E-state index is 11.9. The molecule has 0 N–H and O–H groups in total. The first-order valence-electron chi connectivity index (χ1n) is 2.50. The van der Waals surface area contributed by atoms with Gasteiger partial charge in [-0.25, -0.2) is 4.39 Å². The maximum atomic E-state index is 11.9. The van der Waals surface area contributed by atoms with Crippen molar-refractivity contribution in [3.05, 3.63) is 0 Å². The van der Waals surface area contributed by atoms with Crippen LogP contribution in [0.5, 0.6) is 0 Å². The molecule has 0 radical (unpaired) electrons. The molecule has 7 heavy (non-hydrogen) atoms. The van der Waals surface area contributed by atoms with E-state index in [2.05, 4.69) is 0 Å². The summed E-state index contributed by atoms with van der Waals surface area (Å²) >= 11 is 0. The summed E-state index contributed by atoms with van der Waals surface area (Å²) in [5.41, 5.74) is 0. The molecule has 42 valence electrons. The van der Waals surface area contributed by atoms with E-state index in [-0.39, 0.29) is 6.10 Å². The molecule has 2 heteroatoms. The van der Waals surface area contributed by atoms with E-state index < -0.39 is 6.17 Å². The van der Waals surface area contributed by atoms with Crippen LogP contribution < -0.4 is 0 Å². The van der Waals surface area contributed by atoms with E-state index >= 15 is 0 Å². The zero-order chi connectivity index (χ0) is 5.28. The van der Waals surface area contributed by atoms with Crippen molar-refractivity contribution >= 4 is 0 Å². The predicted molar refractivity (Wildman–Crippen MR) is 24.9 cm³/mol. The Morgan fingerprint density at radius 2 is 2.14 bits per heavy atom. The topological polar surface area (TPSA) is 9.23 Å². The van der Waals surface area contributed by atoms with E-state index in [9.17, 15) is 4.39 Å². The SMILES string of the molecule is COC1CC(F)C1. The fourth-order valence-corrected chi connectivity index (χ4v) is 0.694. The quantitative estimate of drug-likeness (QED) is 0.484. The first-order valence-corrected chi connectivity index (χ1v) is 2.50. The lowest BCUT2D eigenvalue weighted by atomic mass is 9.94. The van der Waals surface area contributed by atoms with Gasteiger partial charge in [-0.05, 0) is 0 Å². The number of rotatable bonds is 1. The molecule has 0 aliphatic heterocycles. The third-order valence-corrected chi connectivity index (χ3v) is 1.37. The molecule has 0 atom stereocenters. The Kier molecular flexibility index (Phi) is 1.28. The molecular weight excluding hydrogens is 95.1 g/mol. The molecule has 0 spiro atoms. The van der Waals surface area contributed by atoms with Crippen LogP contribution in [0.1, 0.15) is 12.8 Å². The third-order valence-electron chi connectivity index (χ3n) is 1.37. The van der Waals surface area contributed by atoms with E-state index in [0.717, 1.165) is 0 Å². The van der Waals surface area contributed by atoms with Gasteiger partial charge in [-0.1, -0.05) is 0 Å². The largest absolute Gasteiger partial charge is 0.381 e. The Balaban J connectivity index is 2.06. The Hall–Kier alpha value is -0.110. The number of methoxy groups -OCH3 is 1. The van der Waals surface area contributed by atoms with Crippen LogP contribution in [0.2, 0.25) is 0 Å². The van der Waals surface area contributed by atoms with E-state index in [4.69, 9.17) is 4.74 Å². The summed E-state index contributed by atoms with van der Waals surface area (Å²) < 4.78 is 16.7. The fraction of sp³-hybridized carbons (Fsp3) is 1.00. The molecule has 0 bridgehead atoms. The number of hydrogen-bond acceptors (Lipinski definition) is 1. The van der Waals surface area contributed by atoms with Gasteiger partial charge in [0.2, 0.25) is 0 Å². The molecule has 1 aliphatic rings. The highest BCUT2D eigenvalue weighted by Crippen LogP contribution is 2.24. The first-order chi connectivity index (χ1) is 3.33. The number of alkyl halides is 1. The lowest BCUT2D eigenvalue weighted by Crippen LogP contribution is -2.31. The number of halogens is 1. The molecule has 1 nitrogen and oxygen atoms in total. The van der Waals surface area contributed by atoms with E-state index in [0.29, 0.717) is 12.8 Å². The van der Waals surface area contributed by atoms with Gasteiger partial charge in [-0.15, -0.1) is 0 Å². The lowest BCUT2D eigenvalue weighted by Gasteiger charge is -2.27. The summed E-state index contributed by atoms with van der Waals surface area (Å²) in [4.78, 5) is 0. The molecule has 1 saturated carbocycles. The van der Waals surface area contributed by atoms with Crippen LogP contribution in [0.3, 0.4) is 0 Å². The zero-order valence-corrected chi connectivity index (χ0v) is 4.36. The smallest absolute Gasteiger partial charge is 0.105 e. The second-order valence-corrected chi connectivity index (χ2v) is 1.93. The summed E-state index contributed by atoms with van der Waals surface area (Å²) in [7, 11) is 1.62. The lowest BCUT2D eigenvalue weighted by molar-refractivity contribution is -0.0131. The van der Waals surface area contributed by atoms with Crippen molar-refractivity contribution in [1.29, 1.82) is 0 Å². The molecule has 0 amide bonds. The summed E-state index contributed by atoms with van der Waals surface area (Å²) in [6.45, 7) is 0. The third kappa shape index (κ3) is 0.911. The predicted octanol–water partition coefficient (Wildman–Crippen LogP) is 1.13. The van der Waals surface area contributed by atoms with Gasteiger partial charge in [0, 0.05) is 20.0 Å². The Labute approximate surface area is 42.5 Å². The van der Waals surface area contributed by atoms with Crippen molar-refractivity contribution in [3.8, 4) is 0 Å². The number of ether oxygens (including phenoxy) is 1. The van der Waals surface area contributed by atoms with Gasteiger partial charge in [0.1, 0.15) is 6.17 Å². The monoisotopic (exact) mass is 104 g/mol. The highest BCUT2D eigenvalue weighted by molar-refractivity contribution is 4.78. The highest BCUT2D eigenvalue weighted by Gasteiger charge is 2.28. The van der Waals surface area contributed by atoms with E-state index in [1.807, 2.05) is 0 Å². The summed E-state index contributed by atoms with van der Waals surface area (Å²) in [5, 5.41) is 0. The van der Waals surface area contributed by atoms with Gasteiger partial charge >= 0.3 is 0 Å². The van der Waals surface area contributed by atoms with Crippen molar-refractivity contribution in [3.63, 3.8) is 0 Å². The fourth-order valence-electron chi connectivity index (χ4n) is 0.694. The van der Waals surface area contributed by atoms with Crippen LogP contribution >= 0.6 is 0 Å². The Bertz CT molecular complexity index is 59.1. The van der Waals surface area contributed by atoms with Gasteiger partial charge in [-0.3, -0.25) is 0 Å². The van der Waals surface area contributed by atoms with Crippen LogP contribution in [0, 0.1) is 0 Å². The summed E-state index contributed by atoms with van der Waals surface area (Å²) in [6.07, 6.45) is 0.854. The van der Waals surface area contributed by atoms with Crippen molar-refractivity contribution < 1.29 is 9.13 Å². The number of hydrogen-bond donors (Lipinski definition) is 0. The summed E-state index contributed by atoms with van der Waals surface area (Å²) in [5.74, 6) is 0. The van der Waals surface area contributed by atoms with Gasteiger partial charge in [0.25, 0.3) is 0 Å². The second kappa shape index (κ2) is 1.78. The molecule has 0 heterocycles. The molecule has 1 rings (SSSR count). The molecule has 0 aromatic carbocycles. The molecule has 1 fully saturated rings. The molecular formula is C5H9FO. The average molecular weight is 104 g/mol. The van der Waals surface area contributed by atoms with Crippen molar-refractivity contribution in [2.75, 3.05) is 7.11 Å². The standard InChI is InChI=1S/C5H9FO/c1-7-5-2-4(6)3-5/h4-5H,2-3H2,1H3. The highest BCUT2D eigenvalue weighted by atomic mass is 19.1. The van der Waals surface area contributed by atoms with Gasteiger partial charge in [0.15, 0.2) is 0 Å². The molecule has 0 aromatic rings. The summed E-state index contributed by atoms with van der Waals surface area (Å²) in [6, 6.07) is 0. The Morgan fingerprint density at radius 1 is 1.57 bits per heavy atom. The van der Waals surface area contributed by atoms with Crippen LogP contribution in [0.25, 0.3) is 0 Å². The van der Waals surface area contributed by atoms with E-state index in [1.165, 1.54) is 0 Å². The van der Waals surface area contributed by atoms with E-state index in [1.54, 1.807) is 7.11 Å². The van der Waals surface area contributed by atoms with Gasteiger partial charge in [-0.2, -0.15) is 0 Å². The maximum Gasteiger partial charge on any atom is 0.105 e. The molecule has 0 aromatic heterocycles. The minimum atomic E-state index is -0.579. The van der Waals surface area contributed by atoms with Crippen LogP contribution in [-0.4, -0.2) is 19.4 Å². The molecule has 0 unspecified atom stereocenters. The first kappa shape index (κ1) is 5.04. The van der Waals surface area contributed by atoms with Crippen molar-refractivity contribution in [2.45, 2.75) is 25.1 Å².